The Labute approximate surface area is 203 Å². The van der Waals surface area contributed by atoms with Crippen LogP contribution in [0.15, 0.2) is 63.8 Å². The summed E-state index contributed by atoms with van der Waals surface area (Å²) in [7, 11) is 1.53. The molecule has 1 heterocycles. The molecule has 35 heavy (non-hydrogen) atoms. The molecule has 0 fully saturated rings. The topological polar surface area (TPSA) is 87.0 Å². The van der Waals surface area contributed by atoms with E-state index in [1.165, 1.54) is 7.11 Å². The molecule has 0 aliphatic rings. The molecule has 0 unspecified atom stereocenters. The SMILES string of the molecule is COc1ccccc1Oc1c(C)oc2cc(OCC(=O)Nc3c(C)cc(C)cc3C)ccc2c1=O. The van der Waals surface area contributed by atoms with E-state index in [-0.39, 0.29) is 23.7 Å². The second-order valence-electron chi connectivity index (χ2n) is 8.34. The van der Waals surface area contributed by atoms with Crippen molar-refractivity contribution in [1.82, 2.24) is 0 Å². The van der Waals surface area contributed by atoms with Crippen molar-refractivity contribution < 1.29 is 23.4 Å². The van der Waals surface area contributed by atoms with Gasteiger partial charge >= 0.3 is 0 Å². The predicted molar refractivity (Wildman–Crippen MR) is 135 cm³/mol. The fraction of sp³-hybridized carbons (Fsp3) is 0.214. The third-order valence-corrected chi connectivity index (χ3v) is 5.58. The third kappa shape index (κ3) is 5.14. The number of nitrogens with one attached hydrogen (secondary N) is 1. The molecule has 180 valence electrons. The average Bonchev–Trinajstić information content (AvgIpc) is 2.82. The number of rotatable bonds is 7. The Balaban J connectivity index is 1.52. The van der Waals surface area contributed by atoms with Crippen molar-refractivity contribution in [2.24, 2.45) is 0 Å². The van der Waals surface area contributed by atoms with Crippen molar-refractivity contribution in [2.45, 2.75) is 27.7 Å². The standard InChI is InChI=1S/C28H27NO6/c1-16-12-17(2)26(18(3)13-16)29-25(30)15-33-20-10-11-21-24(14-20)34-19(4)28(27(21)31)35-23-9-7-6-8-22(23)32-5/h6-14H,15H2,1-5H3,(H,29,30). The summed E-state index contributed by atoms with van der Waals surface area (Å²) in [4.78, 5) is 25.6. The van der Waals surface area contributed by atoms with E-state index in [1.54, 1.807) is 43.3 Å². The molecule has 1 N–H and O–H groups in total. The van der Waals surface area contributed by atoms with Crippen molar-refractivity contribution in [3.05, 3.63) is 87.3 Å². The van der Waals surface area contributed by atoms with Crippen LogP contribution in [0.1, 0.15) is 22.5 Å². The van der Waals surface area contributed by atoms with Gasteiger partial charge < -0.3 is 23.9 Å². The summed E-state index contributed by atoms with van der Waals surface area (Å²) in [6, 6.07) is 15.9. The van der Waals surface area contributed by atoms with E-state index in [1.807, 2.05) is 39.0 Å². The van der Waals surface area contributed by atoms with E-state index in [0.29, 0.717) is 34.0 Å². The van der Waals surface area contributed by atoms with Gasteiger partial charge in [0.1, 0.15) is 17.1 Å². The van der Waals surface area contributed by atoms with Gasteiger partial charge in [-0.2, -0.15) is 0 Å². The van der Waals surface area contributed by atoms with E-state index < -0.39 is 0 Å². The molecular formula is C28H27NO6. The van der Waals surface area contributed by atoms with Gasteiger partial charge in [0.05, 0.1) is 12.5 Å². The highest BCUT2D eigenvalue weighted by Gasteiger charge is 2.17. The molecule has 0 saturated heterocycles. The molecule has 0 aliphatic heterocycles. The van der Waals surface area contributed by atoms with Gasteiger partial charge in [0, 0.05) is 11.8 Å². The summed E-state index contributed by atoms with van der Waals surface area (Å²) in [5.74, 6) is 1.44. The summed E-state index contributed by atoms with van der Waals surface area (Å²) in [6.45, 7) is 7.39. The van der Waals surface area contributed by atoms with Crippen LogP contribution in [0.2, 0.25) is 0 Å². The highest BCUT2D eigenvalue weighted by atomic mass is 16.5. The fourth-order valence-electron chi connectivity index (χ4n) is 3.99. The number of hydrogen-bond donors (Lipinski definition) is 1. The number of hydrogen-bond acceptors (Lipinski definition) is 6. The van der Waals surface area contributed by atoms with Crippen LogP contribution in [0.3, 0.4) is 0 Å². The van der Waals surface area contributed by atoms with Gasteiger partial charge in [0.25, 0.3) is 5.91 Å². The zero-order valence-corrected chi connectivity index (χ0v) is 20.4. The van der Waals surface area contributed by atoms with E-state index in [4.69, 9.17) is 18.6 Å². The first kappa shape index (κ1) is 23.9. The van der Waals surface area contributed by atoms with Crippen LogP contribution in [-0.4, -0.2) is 19.6 Å². The zero-order valence-electron chi connectivity index (χ0n) is 20.4. The van der Waals surface area contributed by atoms with Gasteiger partial charge in [-0.1, -0.05) is 29.8 Å². The van der Waals surface area contributed by atoms with E-state index >= 15 is 0 Å². The second-order valence-corrected chi connectivity index (χ2v) is 8.34. The molecule has 0 spiro atoms. The maximum absolute atomic E-state index is 13.1. The molecule has 0 saturated carbocycles. The number of anilines is 1. The highest BCUT2D eigenvalue weighted by Crippen LogP contribution is 2.32. The maximum atomic E-state index is 13.1. The van der Waals surface area contributed by atoms with Gasteiger partial charge in [-0.3, -0.25) is 9.59 Å². The number of ether oxygens (including phenoxy) is 3. The molecule has 7 nitrogen and oxygen atoms in total. The van der Waals surface area contributed by atoms with E-state index in [2.05, 4.69) is 5.32 Å². The number of methoxy groups -OCH3 is 1. The number of fused-ring (bicyclic) bond motifs is 1. The minimum atomic E-state index is -0.315. The third-order valence-electron chi connectivity index (χ3n) is 5.58. The number of aryl methyl sites for hydroxylation is 4. The molecule has 0 atom stereocenters. The minimum Gasteiger partial charge on any atom is -0.493 e. The number of para-hydroxylation sites is 2. The average molecular weight is 474 g/mol. The lowest BCUT2D eigenvalue weighted by Gasteiger charge is -2.14. The normalized spacial score (nSPS) is 10.8. The molecule has 3 aromatic carbocycles. The van der Waals surface area contributed by atoms with Crippen LogP contribution in [-0.2, 0) is 4.79 Å². The number of carbonyl (C=O) groups excluding carboxylic acids is 1. The Morgan fingerprint density at radius 3 is 2.31 bits per heavy atom. The van der Waals surface area contributed by atoms with Crippen LogP contribution >= 0.6 is 0 Å². The molecule has 4 rings (SSSR count). The van der Waals surface area contributed by atoms with Crippen molar-refractivity contribution in [3.8, 4) is 23.0 Å². The molecule has 0 bridgehead atoms. The first-order chi connectivity index (χ1) is 16.8. The van der Waals surface area contributed by atoms with Crippen LogP contribution in [0.5, 0.6) is 23.0 Å². The minimum absolute atomic E-state index is 0.0823. The molecule has 0 aliphatic carbocycles. The quantitative estimate of drug-likeness (QED) is 0.363. The summed E-state index contributed by atoms with van der Waals surface area (Å²) in [6.07, 6.45) is 0. The van der Waals surface area contributed by atoms with Crippen LogP contribution in [0.4, 0.5) is 5.69 Å². The predicted octanol–water partition coefficient (Wildman–Crippen LogP) is 5.85. The highest BCUT2D eigenvalue weighted by molar-refractivity contribution is 5.93. The van der Waals surface area contributed by atoms with Crippen LogP contribution in [0, 0.1) is 27.7 Å². The lowest BCUT2D eigenvalue weighted by atomic mass is 10.1. The summed E-state index contributed by atoms with van der Waals surface area (Å²) in [5.41, 5.74) is 3.92. The summed E-state index contributed by atoms with van der Waals surface area (Å²) < 4.78 is 22.7. The molecule has 4 aromatic rings. The Hall–Kier alpha value is -4.26. The van der Waals surface area contributed by atoms with E-state index in [0.717, 1.165) is 22.4 Å². The fourth-order valence-corrected chi connectivity index (χ4v) is 3.99. The molecule has 1 aromatic heterocycles. The van der Waals surface area contributed by atoms with E-state index in [9.17, 15) is 9.59 Å². The van der Waals surface area contributed by atoms with Crippen molar-refractivity contribution in [3.63, 3.8) is 0 Å². The largest absolute Gasteiger partial charge is 0.493 e. The second kappa shape index (κ2) is 9.93. The number of amides is 1. The number of benzene rings is 3. The van der Waals surface area contributed by atoms with Crippen LogP contribution in [0.25, 0.3) is 11.0 Å². The monoisotopic (exact) mass is 473 g/mol. The Kier molecular flexibility index (Phi) is 6.78. The first-order valence-electron chi connectivity index (χ1n) is 11.2. The smallest absolute Gasteiger partial charge is 0.262 e. The lowest BCUT2D eigenvalue weighted by molar-refractivity contribution is -0.118. The maximum Gasteiger partial charge on any atom is 0.262 e. The van der Waals surface area contributed by atoms with Gasteiger partial charge in [0.2, 0.25) is 11.2 Å². The van der Waals surface area contributed by atoms with Gasteiger partial charge in [0.15, 0.2) is 18.1 Å². The van der Waals surface area contributed by atoms with Gasteiger partial charge in [-0.05, 0) is 63.1 Å². The zero-order chi connectivity index (χ0) is 25.1. The first-order valence-corrected chi connectivity index (χ1v) is 11.2. The van der Waals surface area contributed by atoms with Crippen molar-refractivity contribution in [2.75, 3.05) is 19.0 Å². The van der Waals surface area contributed by atoms with Crippen LogP contribution < -0.4 is 25.0 Å². The Bertz CT molecular complexity index is 1450. The number of carbonyl (C=O) groups is 1. The molecule has 1 amide bonds. The van der Waals surface area contributed by atoms with Gasteiger partial charge in [-0.25, -0.2) is 0 Å². The summed E-state index contributed by atoms with van der Waals surface area (Å²) >= 11 is 0. The Morgan fingerprint density at radius 2 is 1.63 bits per heavy atom. The Morgan fingerprint density at radius 1 is 0.943 bits per heavy atom. The van der Waals surface area contributed by atoms with Gasteiger partial charge in [-0.15, -0.1) is 0 Å². The van der Waals surface area contributed by atoms with Crippen molar-refractivity contribution in [1.29, 1.82) is 0 Å². The molecular weight excluding hydrogens is 446 g/mol. The summed E-state index contributed by atoms with van der Waals surface area (Å²) in [5, 5.41) is 3.24. The molecule has 0 radical (unpaired) electrons. The molecule has 7 heteroatoms. The van der Waals surface area contributed by atoms with Crippen molar-refractivity contribution >= 4 is 22.6 Å². The lowest BCUT2D eigenvalue weighted by Crippen LogP contribution is -2.21.